The number of nitrogens with zero attached hydrogens (tertiary/aromatic N) is 1. The van der Waals surface area contributed by atoms with Crippen molar-refractivity contribution in [1.82, 2.24) is 9.55 Å². The Morgan fingerprint density at radius 3 is 2.62 bits per heavy atom. The highest BCUT2D eigenvalue weighted by molar-refractivity contribution is 7.12. The Kier molecular flexibility index (Phi) is 5.01. The van der Waals surface area contributed by atoms with E-state index in [1.165, 1.54) is 17.4 Å². The molecular formula is C22H23F4N3O2S. The lowest BCUT2D eigenvalue weighted by Crippen LogP contribution is -2.45. The molecule has 2 aromatic heterocycles. The maximum absolute atomic E-state index is 15.3. The van der Waals surface area contributed by atoms with Crippen LogP contribution in [0.2, 0.25) is 0 Å². The lowest BCUT2D eigenvalue weighted by atomic mass is 9.80. The van der Waals surface area contributed by atoms with E-state index in [1.54, 1.807) is 17.6 Å². The van der Waals surface area contributed by atoms with E-state index in [0.29, 0.717) is 23.4 Å². The molecule has 0 radical (unpaired) electrons. The SMILES string of the molecule is CC1c2c(c(=O)[nH]c(=O)n2C2CC2)C=C(F)C1c1cc2c(s1)CCC(C(N)C(F)(F)F)C2. The summed E-state index contributed by atoms with van der Waals surface area (Å²) in [7, 11) is 0. The fourth-order valence-electron chi connectivity index (χ4n) is 5.19. The first-order valence-corrected chi connectivity index (χ1v) is 11.6. The van der Waals surface area contributed by atoms with E-state index in [2.05, 4.69) is 4.98 Å². The van der Waals surface area contributed by atoms with E-state index in [9.17, 15) is 22.8 Å². The predicted octanol–water partition coefficient (Wildman–Crippen LogP) is 4.14. The first-order chi connectivity index (χ1) is 15.1. The maximum atomic E-state index is 15.3. The van der Waals surface area contributed by atoms with Crippen LogP contribution in [0.5, 0.6) is 0 Å². The zero-order chi connectivity index (χ0) is 22.9. The van der Waals surface area contributed by atoms with E-state index in [1.807, 2.05) is 0 Å². The first-order valence-electron chi connectivity index (χ1n) is 10.8. The molecule has 5 rings (SSSR count). The zero-order valence-electron chi connectivity index (χ0n) is 17.3. The molecule has 0 amide bonds. The number of nitrogens with two attached hydrogens (primary N) is 1. The molecular weight excluding hydrogens is 446 g/mol. The van der Waals surface area contributed by atoms with Gasteiger partial charge in [-0.15, -0.1) is 11.3 Å². The highest BCUT2D eigenvalue weighted by Gasteiger charge is 2.44. The summed E-state index contributed by atoms with van der Waals surface area (Å²) in [5.41, 5.74) is 5.88. The standard InChI is InChI=1S/C22H23F4N3O2S/c1-9-17(14(23)8-13-18(9)29(12-3-4-12)21(31)28-20(13)30)16-7-11-6-10(2-5-15(11)32-16)19(27)22(24,25)26/h7-10,12,17,19H,2-6,27H2,1H3,(H,28,30,31). The number of aryl methyl sites for hydroxylation is 1. The van der Waals surface area contributed by atoms with Gasteiger partial charge in [0.1, 0.15) is 11.9 Å². The molecule has 0 aliphatic heterocycles. The summed E-state index contributed by atoms with van der Waals surface area (Å²) in [5.74, 6) is -2.31. The number of aromatic nitrogens is 2. The number of halogens is 4. The quantitative estimate of drug-likeness (QED) is 0.663. The van der Waals surface area contributed by atoms with E-state index >= 15 is 4.39 Å². The van der Waals surface area contributed by atoms with Crippen molar-refractivity contribution in [2.24, 2.45) is 11.7 Å². The molecule has 10 heteroatoms. The first kappa shape index (κ1) is 21.6. The second kappa shape index (κ2) is 7.41. The molecule has 3 N–H and O–H groups in total. The monoisotopic (exact) mass is 469 g/mol. The molecule has 4 atom stereocenters. The van der Waals surface area contributed by atoms with Gasteiger partial charge in [0.25, 0.3) is 5.56 Å². The predicted molar refractivity (Wildman–Crippen MR) is 114 cm³/mol. The van der Waals surface area contributed by atoms with Gasteiger partial charge in [0, 0.05) is 27.4 Å². The minimum absolute atomic E-state index is 0.00640. The van der Waals surface area contributed by atoms with E-state index in [0.717, 1.165) is 23.3 Å². The fourth-order valence-corrected chi connectivity index (χ4v) is 6.61. The Morgan fingerprint density at radius 2 is 1.97 bits per heavy atom. The zero-order valence-corrected chi connectivity index (χ0v) is 18.2. The van der Waals surface area contributed by atoms with Gasteiger partial charge in [-0.1, -0.05) is 6.92 Å². The molecule has 4 unspecified atom stereocenters. The van der Waals surface area contributed by atoms with Crippen LogP contribution >= 0.6 is 11.3 Å². The van der Waals surface area contributed by atoms with Crippen LogP contribution in [0.25, 0.3) is 6.08 Å². The van der Waals surface area contributed by atoms with Gasteiger partial charge in [0.2, 0.25) is 0 Å². The van der Waals surface area contributed by atoms with Crippen molar-refractivity contribution in [2.45, 2.75) is 69.1 Å². The molecule has 1 fully saturated rings. The number of fused-ring (bicyclic) bond motifs is 2. The highest BCUT2D eigenvalue weighted by Crippen LogP contribution is 2.49. The lowest BCUT2D eigenvalue weighted by Gasteiger charge is -2.29. The Hall–Kier alpha value is -2.20. The average Bonchev–Trinajstić information content (AvgIpc) is 3.45. The number of alkyl halides is 3. The number of allylic oxidation sites excluding steroid dienone is 1. The molecule has 0 aromatic carbocycles. The summed E-state index contributed by atoms with van der Waals surface area (Å²) >= 11 is 1.41. The lowest BCUT2D eigenvalue weighted by molar-refractivity contribution is -0.159. The van der Waals surface area contributed by atoms with E-state index in [-0.39, 0.29) is 18.0 Å². The van der Waals surface area contributed by atoms with Crippen molar-refractivity contribution in [3.63, 3.8) is 0 Å². The Balaban J connectivity index is 1.52. The number of aromatic amines is 1. The summed E-state index contributed by atoms with van der Waals surface area (Å²) < 4.78 is 56.1. The molecule has 32 heavy (non-hydrogen) atoms. The molecule has 0 bridgehead atoms. The van der Waals surface area contributed by atoms with Crippen LogP contribution in [0.1, 0.15) is 70.6 Å². The summed E-state index contributed by atoms with van der Waals surface area (Å²) in [6.07, 6.45) is -0.557. The third kappa shape index (κ3) is 3.48. The second-order valence-corrected chi connectivity index (χ2v) is 10.3. The average molecular weight is 470 g/mol. The third-order valence-electron chi connectivity index (χ3n) is 6.97. The minimum Gasteiger partial charge on any atom is -0.320 e. The Bertz CT molecular complexity index is 1220. The summed E-state index contributed by atoms with van der Waals surface area (Å²) in [6.45, 7) is 1.80. The van der Waals surface area contributed by atoms with Gasteiger partial charge in [0.05, 0.1) is 11.5 Å². The van der Waals surface area contributed by atoms with Gasteiger partial charge in [0.15, 0.2) is 0 Å². The highest BCUT2D eigenvalue weighted by atomic mass is 32.1. The molecule has 1 saturated carbocycles. The molecule has 172 valence electrons. The number of nitrogens with one attached hydrogen (secondary N) is 1. The van der Waals surface area contributed by atoms with Crippen molar-refractivity contribution in [1.29, 1.82) is 0 Å². The number of hydrogen-bond donors (Lipinski definition) is 2. The second-order valence-electron chi connectivity index (χ2n) is 9.12. The molecule has 0 spiro atoms. The van der Waals surface area contributed by atoms with Gasteiger partial charge in [-0.25, -0.2) is 9.18 Å². The number of hydrogen-bond acceptors (Lipinski definition) is 4. The number of thiophene rings is 1. The fraction of sp³-hybridized carbons (Fsp3) is 0.545. The summed E-state index contributed by atoms with van der Waals surface area (Å²) in [5, 5.41) is 0. The van der Waals surface area contributed by atoms with Gasteiger partial charge >= 0.3 is 11.9 Å². The van der Waals surface area contributed by atoms with E-state index < -0.39 is 47.0 Å². The number of rotatable bonds is 3. The van der Waals surface area contributed by atoms with Crippen LogP contribution in [0.4, 0.5) is 17.6 Å². The molecule has 2 aromatic rings. The minimum atomic E-state index is -4.45. The van der Waals surface area contributed by atoms with Crippen molar-refractivity contribution in [3.05, 3.63) is 59.3 Å². The van der Waals surface area contributed by atoms with Crippen molar-refractivity contribution in [3.8, 4) is 0 Å². The topological polar surface area (TPSA) is 80.9 Å². The largest absolute Gasteiger partial charge is 0.403 e. The normalized spacial score (nSPS) is 26.3. The maximum Gasteiger partial charge on any atom is 0.403 e. The third-order valence-corrected chi connectivity index (χ3v) is 8.29. The number of H-pyrrole nitrogens is 1. The molecule has 2 heterocycles. The van der Waals surface area contributed by atoms with Crippen LogP contribution in [-0.2, 0) is 12.8 Å². The molecule has 5 nitrogen and oxygen atoms in total. The molecule has 3 aliphatic carbocycles. The van der Waals surface area contributed by atoms with Crippen LogP contribution in [-0.4, -0.2) is 21.8 Å². The van der Waals surface area contributed by atoms with Gasteiger partial charge in [-0.05, 0) is 55.7 Å². The Labute approximate surface area is 185 Å². The smallest absolute Gasteiger partial charge is 0.320 e. The summed E-state index contributed by atoms with van der Waals surface area (Å²) in [6, 6.07) is -0.0792. The van der Waals surface area contributed by atoms with Crippen LogP contribution in [0, 0.1) is 5.92 Å². The van der Waals surface area contributed by atoms with Crippen LogP contribution < -0.4 is 17.0 Å². The molecule has 3 aliphatic rings. The van der Waals surface area contributed by atoms with E-state index in [4.69, 9.17) is 5.73 Å². The summed E-state index contributed by atoms with van der Waals surface area (Å²) in [4.78, 5) is 28.8. The van der Waals surface area contributed by atoms with Crippen LogP contribution in [0.3, 0.4) is 0 Å². The van der Waals surface area contributed by atoms with Gasteiger partial charge in [-0.2, -0.15) is 13.2 Å². The van der Waals surface area contributed by atoms with Crippen LogP contribution in [0.15, 0.2) is 21.5 Å². The molecule has 0 saturated heterocycles. The Morgan fingerprint density at radius 1 is 1.25 bits per heavy atom. The van der Waals surface area contributed by atoms with Crippen molar-refractivity contribution in [2.75, 3.05) is 0 Å². The van der Waals surface area contributed by atoms with Gasteiger partial charge in [-0.3, -0.25) is 14.3 Å². The van der Waals surface area contributed by atoms with Crippen molar-refractivity contribution >= 4 is 17.4 Å². The van der Waals surface area contributed by atoms with Crippen molar-refractivity contribution < 1.29 is 17.6 Å². The van der Waals surface area contributed by atoms with Gasteiger partial charge < -0.3 is 5.73 Å².